The lowest BCUT2D eigenvalue weighted by Gasteiger charge is -2.39. The largest absolute Gasteiger partial charge is 0.455 e. The summed E-state index contributed by atoms with van der Waals surface area (Å²) in [6, 6.07) is 25.3. The Labute approximate surface area is 499 Å². The van der Waals surface area contributed by atoms with Crippen molar-refractivity contribution in [3.63, 3.8) is 0 Å². The Balaban J connectivity index is 0.680. The Morgan fingerprint density at radius 2 is 1.72 bits per heavy atom. The van der Waals surface area contributed by atoms with Crippen LogP contribution in [0.15, 0.2) is 114 Å². The van der Waals surface area contributed by atoms with Crippen molar-refractivity contribution in [3.8, 4) is 23.3 Å². The summed E-state index contributed by atoms with van der Waals surface area (Å²) in [5.41, 5.74) is 7.39. The van der Waals surface area contributed by atoms with Crippen molar-refractivity contribution in [2.45, 2.75) is 95.5 Å². The number of H-pyrrole nitrogens is 1. The molecule has 21 heteroatoms. The lowest BCUT2D eigenvalue weighted by Crippen LogP contribution is -2.52. The summed E-state index contributed by atoms with van der Waals surface area (Å²) in [5.74, 6) is 5.12. The summed E-state index contributed by atoms with van der Waals surface area (Å²) in [6.45, 7) is 11.9. The van der Waals surface area contributed by atoms with E-state index in [4.69, 9.17) is 16.3 Å². The number of pyridine rings is 1. The third-order valence-corrected chi connectivity index (χ3v) is 18.7. The Hall–Kier alpha value is -8.09. The number of hydrogen-bond donors (Lipinski definition) is 4. The number of hydrogen-bond acceptors (Lipinski definition) is 14. The molecule has 2 aromatic heterocycles. The van der Waals surface area contributed by atoms with Gasteiger partial charge in [0.15, 0.2) is 0 Å². The number of halogens is 1. The van der Waals surface area contributed by atoms with Gasteiger partial charge in [-0.25, -0.2) is 18.1 Å². The number of likely N-dealkylation sites (tertiary alicyclic amines) is 1. The summed E-state index contributed by atoms with van der Waals surface area (Å²) in [7, 11) is -4.63. The lowest BCUT2D eigenvalue weighted by molar-refractivity contribution is -0.384. The molecule has 6 aromatic rings. The summed E-state index contributed by atoms with van der Waals surface area (Å²) in [6.07, 6.45) is 11.1. The zero-order chi connectivity index (χ0) is 59.4. The first-order valence-corrected chi connectivity index (χ1v) is 31.1. The molecule has 1 aliphatic carbocycles. The molecule has 0 spiro atoms. The summed E-state index contributed by atoms with van der Waals surface area (Å²) < 4.78 is 36.5. The van der Waals surface area contributed by atoms with Crippen LogP contribution < -0.4 is 25.0 Å². The van der Waals surface area contributed by atoms with Gasteiger partial charge < -0.3 is 29.7 Å². The van der Waals surface area contributed by atoms with Gasteiger partial charge >= 0.3 is 0 Å². The molecule has 6 heterocycles. The van der Waals surface area contributed by atoms with Crippen molar-refractivity contribution in [2.75, 3.05) is 69.1 Å². The van der Waals surface area contributed by atoms with Crippen molar-refractivity contribution in [1.82, 2.24) is 34.7 Å². The molecule has 4 N–H and O–H groups in total. The minimum absolute atomic E-state index is 0.0554. The highest BCUT2D eigenvalue weighted by molar-refractivity contribution is 7.90. The topological polar surface area (TPSA) is 233 Å². The summed E-state index contributed by atoms with van der Waals surface area (Å²) in [4.78, 5) is 79.3. The maximum Gasteiger partial charge on any atom is 0.293 e. The van der Waals surface area contributed by atoms with Gasteiger partial charge in [-0.05, 0) is 154 Å². The molecule has 5 aliphatic rings. The molecule has 11 rings (SSSR count). The number of imide groups is 1. The molecule has 4 aromatic carbocycles. The van der Waals surface area contributed by atoms with Crippen molar-refractivity contribution in [3.05, 3.63) is 152 Å². The van der Waals surface area contributed by atoms with Gasteiger partial charge in [-0.15, -0.1) is 0 Å². The van der Waals surface area contributed by atoms with Crippen LogP contribution in [0.25, 0.3) is 16.6 Å². The first-order chi connectivity index (χ1) is 40.9. The molecule has 3 fully saturated rings. The maximum atomic E-state index is 14.2. The van der Waals surface area contributed by atoms with E-state index < -0.39 is 43.4 Å². The molecule has 0 saturated carbocycles. The van der Waals surface area contributed by atoms with Crippen molar-refractivity contribution in [1.29, 1.82) is 0 Å². The quantitative estimate of drug-likeness (QED) is 0.0206. The zero-order valence-corrected chi connectivity index (χ0v) is 49.3. The van der Waals surface area contributed by atoms with E-state index in [0.29, 0.717) is 61.5 Å². The van der Waals surface area contributed by atoms with Crippen LogP contribution in [0.5, 0.6) is 11.5 Å². The number of anilines is 2. The standard InChI is InChI=1S/C64H69ClN10O9S/c1-64(2)25-21-46(53(37-64)43-11-13-48(65)14-12-43)40-72-30-32-73(33-31-72)49-15-17-52(57(35-49)84-50-34-45-22-26-66-60(45)68-39-50)61(77)70-85(82,83)51-16-18-54(56(36-51)75(80)81)67-38-42-23-28-71(29-24-42)27-6-4-3-5-8-44-9-7-10-47-41-74(63(79)59(44)47)55-19-20-58(76)69-62(55)78/h7,9-18,22,26,34-36,39,42,55,67H,3-4,6,19-21,23-25,27-33,37-38,40-41H2,1-2H3,(H,66,68)(H,70,77)(H,69,76,78). The van der Waals surface area contributed by atoms with E-state index in [1.165, 1.54) is 39.9 Å². The number of aromatic amines is 1. The van der Waals surface area contributed by atoms with Crippen molar-refractivity contribution < 1.29 is 37.3 Å². The van der Waals surface area contributed by atoms with E-state index >= 15 is 0 Å². The fourth-order valence-electron chi connectivity index (χ4n) is 12.3. The van der Waals surface area contributed by atoms with E-state index in [1.54, 1.807) is 30.5 Å². The number of ether oxygens (including phenoxy) is 1. The fourth-order valence-corrected chi connectivity index (χ4v) is 13.4. The highest BCUT2D eigenvalue weighted by Gasteiger charge is 2.40. The van der Waals surface area contributed by atoms with E-state index in [1.807, 2.05) is 36.4 Å². The number of piperazine rings is 1. The molecular formula is C64H69ClN10O9S. The molecular weight excluding hydrogens is 1120 g/mol. The number of unbranched alkanes of at least 4 members (excludes halogenated alkanes) is 2. The molecule has 442 valence electrons. The summed E-state index contributed by atoms with van der Waals surface area (Å²) in [5, 5.41) is 19.5. The van der Waals surface area contributed by atoms with Crippen LogP contribution in [0.3, 0.4) is 0 Å². The second-order valence-electron chi connectivity index (χ2n) is 23.6. The van der Waals surface area contributed by atoms with Crippen LogP contribution in [0, 0.1) is 33.3 Å². The number of nitrogens with zero attached hydrogens (tertiary/aromatic N) is 6. The Bertz CT molecular complexity index is 3780. The second-order valence-corrected chi connectivity index (χ2v) is 25.7. The van der Waals surface area contributed by atoms with Crippen LogP contribution in [-0.4, -0.2) is 127 Å². The van der Waals surface area contributed by atoms with Crippen molar-refractivity contribution >= 4 is 78.9 Å². The number of fused-ring (bicyclic) bond motifs is 2. The number of amides is 4. The van der Waals surface area contributed by atoms with Crippen LogP contribution in [0.4, 0.5) is 17.1 Å². The number of carbonyl (C=O) groups excluding carboxylic acids is 4. The van der Waals surface area contributed by atoms with Crippen LogP contribution in [-0.2, 0) is 26.2 Å². The highest BCUT2D eigenvalue weighted by atomic mass is 35.5. The van der Waals surface area contributed by atoms with Gasteiger partial charge in [0.05, 0.1) is 27.1 Å². The van der Waals surface area contributed by atoms with E-state index in [0.717, 1.165) is 112 Å². The molecule has 0 radical (unpaired) electrons. The smallest absolute Gasteiger partial charge is 0.293 e. The van der Waals surface area contributed by atoms with Crippen molar-refractivity contribution in [2.24, 2.45) is 11.3 Å². The monoisotopic (exact) mass is 1190 g/mol. The number of piperidine rings is 2. The Morgan fingerprint density at radius 3 is 2.49 bits per heavy atom. The molecule has 3 saturated heterocycles. The predicted molar refractivity (Wildman–Crippen MR) is 326 cm³/mol. The fraction of sp³-hybridized carbons (Fsp3) is 0.391. The number of aromatic nitrogens is 2. The maximum absolute atomic E-state index is 14.2. The van der Waals surface area contributed by atoms with E-state index in [9.17, 15) is 37.7 Å². The molecule has 4 amide bonds. The molecule has 4 aliphatic heterocycles. The van der Waals surface area contributed by atoms with Gasteiger partial charge in [0.25, 0.3) is 27.5 Å². The number of sulfonamides is 1. The molecule has 85 heavy (non-hydrogen) atoms. The predicted octanol–water partition coefficient (Wildman–Crippen LogP) is 9.93. The first kappa shape index (κ1) is 58.7. The number of rotatable bonds is 18. The molecule has 19 nitrogen and oxygen atoms in total. The minimum Gasteiger partial charge on any atom is -0.455 e. The van der Waals surface area contributed by atoms with Crippen LogP contribution >= 0.6 is 11.6 Å². The SMILES string of the molecule is CC1(C)CCC(CN2CCN(c3ccc(C(=O)NS(=O)(=O)c4ccc(NCC5CCN(CCCCC#Cc6cccc7c6C(=O)N(C6CCC(=O)NC6=O)C7)CC5)c([N+](=O)[O-])c4)c(Oc4cnc5[nH]ccc5c4)c3)CC2)=C(c2ccc(Cl)cc2)C1. The minimum atomic E-state index is -4.63. The van der Waals surface area contributed by atoms with Crippen LogP contribution in [0.2, 0.25) is 5.02 Å². The highest BCUT2D eigenvalue weighted by Crippen LogP contribution is 2.44. The number of nitro benzene ring substituents is 1. The second kappa shape index (κ2) is 25.2. The van der Waals surface area contributed by atoms with Gasteiger partial charge in [-0.1, -0.05) is 67.1 Å². The number of nitrogens with one attached hydrogen (secondary N) is 4. The Kier molecular flexibility index (Phi) is 17.4. The van der Waals surface area contributed by atoms with Gasteiger partial charge in [0, 0.05) is 98.6 Å². The van der Waals surface area contributed by atoms with E-state index in [-0.39, 0.29) is 46.6 Å². The third-order valence-electron chi connectivity index (χ3n) is 17.1. The normalized spacial score (nSPS) is 18.7. The van der Waals surface area contributed by atoms with Crippen LogP contribution in [0.1, 0.15) is 115 Å². The molecule has 1 unspecified atom stereocenters. The lowest BCUT2D eigenvalue weighted by atomic mass is 9.72. The Morgan fingerprint density at radius 1 is 0.918 bits per heavy atom. The average molecular weight is 1190 g/mol. The van der Waals surface area contributed by atoms with Gasteiger partial charge in [0.1, 0.15) is 28.9 Å². The zero-order valence-electron chi connectivity index (χ0n) is 47.8. The molecule has 0 bridgehead atoms. The number of benzene rings is 4. The van der Waals surface area contributed by atoms with Gasteiger partial charge in [0.2, 0.25) is 11.8 Å². The first-order valence-electron chi connectivity index (χ1n) is 29.2. The van der Waals surface area contributed by atoms with E-state index in [2.05, 4.69) is 77.8 Å². The number of nitro groups is 1. The van der Waals surface area contributed by atoms with Gasteiger partial charge in [-0.3, -0.25) is 39.5 Å². The molecule has 1 atom stereocenters. The third kappa shape index (κ3) is 13.7. The number of allylic oxidation sites excluding steroid dienone is 1. The van der Waals surface area contributed by atoms with Gasteiger partial charge in [-0.2, -0.15) is 0 Å². The summed E-state index contributed by atoms with van der Waals surface area (Å²) >= 11 is 6.27. The number of carbonyl (C=O) groups is 4. The average Bonchev–Trinajstić information content (AvgIpc) is 3.48.